The van der Waals surface area contributed by atoms with Gasteiger partial charge in [-0.25, -0.2) is 8.42 Å². The molecule has 0 heterocycles. The molecule has 8 heteroatoms. The minimum Gasteiger partial charge on any atom is -0.332 e. The van der Waals surface area contributed by atoms with Gasteiger partial charge in [0, 0.05) is 6.54 Å². The van der Waals surface area contributed by atoms with Crippen LogP contribution >= 0.6 is 0 Å². The van der Waals surface area contributed by atoms with Crippen LogP contribution in [-0.4, -0.2) is 49.5 Å². The molecule has 130 valence electrons. The van der Waals surface area contributed by atoms with Crippen molar-refractivity contribution in [3.05, 3.63) is 0 Å². The Hall–Kier alpha value is -0.790. The number of alkyl halides is 3. The van der Waals surface area contributed by atoms with Gasteiger partial charge >= 0.3 is 6.18 Å². The maximum absolute atomic E-state index is 12.6. The highest BCUT2D eigenvalue weighted by Crippen LogP contribution is 2.26. The Morgan fingerprint density at radius 1 is 1.09 bits per heavy atom. The van der Waals surface area contributed by atoms with E-state index in [-0.39, 0.29) is 6.54 Å². The second-order valence-electron chi connectivity index (χ2n) is 7.14. The van der Waals surface area contributed by atoms with E-state index >= 15 is 0 Å². The molecular weight excluding hydrogens is 319 g/mol. The first-order valence-corrected chi connectivity index (χ1v) is 9.08. The third kappa shape index (κ3) is 6.54. The second-order valence-corrected chi connectivity index (χ2v) is 9.42. The van der Waals surface area contributed by atoms with Gasteiger partial charge in [0.15, 0.2) is 9.84 Å². The summed E-state index contributed by atoms with van der Waals surface area (Å²) < 4.78 is 62.2. The summed E-state index contributed by atoms with van der Waals surface area (Å²) >= 11 is 0. The summed E-state index contributed by atoms with van der Waals surface area (Å²) in [5.41, 5.74) is -0.544. The average Bonchev–Trinajstić information content (AvgIpc) is 2.77. The Balaban J connectivity index is 2.82. The fourth-order valence-electron chi connectivity index (χ4n) is 2.65. The maximum atomic E-state index is 12.6. The first-order chi connectivity index (χ1) is 9.80. The van der Waals surface area contributed by atoms with Crippen LogP contribution in [0.2, 0.25) is 0 Å². The van der Waals surface area contributed by atoms with Gasteiger partial charge < -0.3 is 4.90 Å². The van der Waals surface area contributed by atoms with Crippen molar-refractivity contribution in [2.24, 2.45) is 5.41 Å². The molecule has 4 nitrogen and oxygen atoms in total. The number of hydrogen-bond acceptors (Lipinski definition) is 3. The second kappa shape index (κ2) is 6.76. The number of hydrogen-bond donors (Lipinski definition) is 0. The summed E-state index contributed by atoms with van der Waals surface area (Å²) in [5, 5.41) is -0.584. The summed E-state index contributed by atoms with van der Waals surface area (Å²) in [6, 6.07) is 0. The molecule has 0 aromatic heterocycles. The Bertz CT molecular complexity index is 472. The van der Waals surface area contributed by atoms with Gasteiger partial charge in [0.1, 0.15) is 12.3 Å². The highest BCUT2D eigenvalue weighted by Gasteiger charge is 2.37. The van der Waals surface area contributed by atoms with E-state index in [0.717, 1.165) is 12.8 Å². The Labute approximate surface area is 130 Å². The van der Waals surface area contributed by atoms with Gasteiger partial charge in [-0.15, -0.1) is 0 Å². The number of amides is 1. The van der Waals surface area contributed by atoms with E-state index in [4.69, 9.17) is 0 Å². The normalized spacial score (nSPS) is 17.7. The molecule has 22 heavy (non-hydrogen) atoms. The predicted molar refractivity (Wildman–Crippen MR) is 78.1 cm³/mol. The van der Waals surface area contributed by atoms with Crippen LogP contribution in [0, 0.1) is 5.41 Å². The van der Waals surface area contributed by atoms with Crippen molar-refractivity contribution in [2.75, 3.05) is 18.8 Å². The van der Waals surface area contributed by atoms with Crippen LogP contribution < -0.4 is 0 Å². The molecule has 1 fully saturated rings. The van der Waals surface area contributed by atoms with Crippen LogP contribution in [0.3, 0.4) is 0 Å². The molecule has 0 aliphatic heterocycles. The zero-order chi connectivity index (χ0) is 17.2. The maximum Gasteiger partial charge on any atom is 0.406 e. The van der Waals surface area contributed by atoms with Crippen molar-refractivity contribution < 1.29 is 26.4 Å². The van der Waals surface area contributed by atoms with E-state index in [1.165, 1.54) is 0 Å². The van der Waals surface area contributed by atoms with E-state index in [1.54, 1.807) is 20.8 Å². The Morgan fingerprint density at radius 3 is 2.00 bits per heavy atom. The number of carbonyl (C=O) groups is 1. The van der Waals surface area contributed by atoms with E-state index < -0.39 is 44.9 Å². The minimum absolute atomic E-state index is 0.133. The summed E-state index contributed by atoms with van der Waals surface area (Å²) in [6.07, 6.45) is -1.99. The zero-order valence-electron chi connectivity index (χ0n) is 13.2. The van der Waals surface area contributed by atoms with Crippen molar-refractivity contribution in [3.8, 4) is 0 Å². The third-order valence-corrected chi connectivity index (χ3v) is 5.66. The van der Waals surface area contributed by atoms with Gasteiger partial charge in [-0.1, -0.05) is 33.6 Å². The lowest BCUT2D eigenvalue weighted by atomic mass is 9.96. The lowest BCUT2D eigenvalue weighted by Crippen LogP contribution is -2.46. The van der Waals surface area contributed by atoms with E-state index in [1.807, 2.05) is 0 Å². The van der Waals surface area contributed by atoms with Gasteiger partial charge in [-0.2, -0.15) is 13.2 Å². The van der Waals surface area contributed by atoms with Crippen molar-refractivity contribution in [1.29, 1.82) is 0 Å². The molecule has 1 amide bonds. The number of rotatable bonds is 5. The molecule has 1 aliphatic carbocycles. The minimum atomic E-state index is -4.54. The molecule has 0 saturated heterocycles. The predicted octanol–water partition coefficient (Wildman–Crippen LogP) is 2.78. The fraction of sp³-hybridized carbons (Fsp3) is 0.929. The largest absolute Gasteiger partial charge is 0.406 e. The highest BCUT2D eigenvalue weighted by atomic mass is 32.2. The lowest BCUT2D eigenvalue weighted by molar-refractivity contribution is -0.161. The Kier molecular flexibility index (Phi) is 5.92. The van der Waals surface area contributed by atoms with Gasteiger partial charge in [-0.05, 0) is 18.3 Å². The average molecular weight is 343 g/mol. The van der Waals surface area contributed by atoms with Gasteiger partial charge in [0.25, 0.3) is 0 Å². The van der Waals surface area contributed by atoms with Crippen molar-refractivity contribution in [2.45, 2.75) is 57.9 Å². The van der Waals surface area contributed by atoms with Crippen LogP contribution in [-0.2, 0) is 14.6 Å². The highest BCUT2D eigenvalue weighted by molar-refractivity contribution is 7.92. The van der Waals surface area contributed by atoms with Crippen LogP contribution in [0.4, 0.5) is 13.2 Å². The summed E-state index contributed by atoms with van der Waals surface area (Å²) in [4.78, 5) is 12.7. The Morgan fingerprint density at radius 2 is 1.59 bits per heavy atom. The SMILES string of the molecule is CC(C)(C)CN(CC(F)(F)F)C(=O)CS(=O)(=O)C1CCCC1. The van der Waals surface area contributed by atoms with Gasteiger partial charge in [-0.3, -0.25) is 4.79 Å². The van der Waals surface area contributed by atoms with Crippen molar-refractivity contribution in [3.63, 3.8) is 0 Å². The van der Waals surface area contributed by atoms with E-state index in [0.29, 0.717) is 17.7 Å². The molecule has 0 atom stereocenters. The quantitative estimate of drug-likeness (QED) is 0.771. The van der Waals surface area contributed by atoms with E-state index in [9.17, 15) is 26.4 Å². The topological polar surface area (TPSA) is 54.5 Å². The van der Waals surface area contributed by atoms with Crippen LogP contribution in [0.25, 0.3) is 0 Å². The van der Waals surface area contributed by atoms with Gasteiger partial charge in [0.05, 0.1) is 5.25 Å². The number of halogens is 3. The molecule has 0 bridgehead atoms. The number of carbonyl (C=O) groups excluding carboxylic acids is 1. The molecule has 0 N–H and O–H groups in total. The number of nitrogens with zero attached hydrogens (tertiary/aromatic N) is 1. The standard InChI is InChI=1S/C14H24F3NO3S/c1-13(2,3)9-18(10-14(15,16)17)12(19)8-22(20,21)11-6-4-5-7-11/h11H,4-10H2,1-3H3. The first kappa shape index (κ1) is 19.3. The summed E-state index contributed by atoms with van der Waals surface area (Å²) in [7, 11) is -3.67. The molecule has 1 aliphatic rings. The lowest BCUT2D eigenvalue weighted by Gasteiger charge is -2.31. The molecule has 1 rings (SSSR count). The molecule has 1 saturated carbocycles. The number of sulfone groups is 1. The summed E-state index contributed by atoms with van der Waals surface area (Å²) in [6.45, 7) is 3.56. The van der Waals surface area contributed by atoms with Crippen molar-refractivity contribution in [1.82, 2.24) is 4.90 Å². The molecule has 0 aromatic rings. The molecule has 0 aromatic carbocycles. The zero-order valence-corrected chi connectivity index (χ0v) is 14.1. The first-order valence-electron chi connectivity index (χ1n) is 7.36. The third-order valence-electron chi connectivity index (χ3n) is 3.52. The molecule has 0 spiro atoms. The molecule has 0 radical (unpaired) electrons. The molecular formula is C14H24F3NO3S. The smallest absolute Gasteiger partial charge is 0.332 e. The van der Waals surface area contributed by atoms with Crippen LogP contribution in [0.1, 0.15) is 46.5 Å². The fourth-order valence-corrected chi connectivity index (χ4v) is 4.46. The van der Waals surface area contributed by atoms with Crippen LogP contribution in [0.5, 0.6) is 0 Å². The monoisotopic (exact) mass is 343 g/mol. The summed E-state index contributed by atoms with van der Waals surface area (Å²) in [5.74, 6) is -1.79. The molecule has 0 unspecified atom stereocenters. The van der Waals surface area contributed by atoms with E-state index in [2.05, 4.69) is 0 Å². The van der Waals surface area contributed by atoms with Crippen LogP contribution in [0.15, 0.2) is 0 Å². The van der Waals surface area contributed by atoms with Crippen molar-refractivity contribution >= 4 is 15.7 Å². The van der Waals surface area contributed by atoms with Gasteiger partial charge in [0.2, 0.25) is 5.91 Å².